The summed E-state index contributed by atoms with van der Waals surface area (Å²) in [5, 5.41) is 13.7. The number of anilines is 2. The van der Waals surface area contributed by atoms with Crippen molar-refractivity contribution in [2.45, 2.75) is 6.92 Å². The van der Waals surface area contributed by atoms with Crippen molar-refractivity contribution in [2.24, 2.45) is 0 Å². The third kappa shape index (κ3) is 3.76. The van der Waals surface area contributed by atoms with Crippen molar-refractivity contribution in [3.63, 3.8) is 0 Å². The van der Waals surface area contributed by atoms with E-state index in [2.05, 4.69) is 16.4 Å². The lowest BCUT2D eigenvalue weighted by Gasteiger charge is -2.14. The molecule has 3 aromatic rings. The van der Waals surface area contributed by atoms with Crippen LogP contribution in [0, 0.1) is 18.3 Å². The zero-order valence-corrected chi connectivity index (χ0v) is 15.0. The molecule has 128 valence electrons. The molecule has 0 aliphatic carbocycles. The van der Waals surface area contributed by atoms with Crippen LogP contribution in [0.4, 0.5) is 11.4 Å². The first-order valence-electron chi connectivity index (χ1n) is 7.44. The van der Waals surface area contributed by atoms with Gasteiger partial charge in [0.25, 0.3) is 0 Å². The van der Waals surface area contributed by atoms with Crippen LogP contribution >= 0.6 is 12.4 Å². The summed E-state index contributed by atoms with van der Waals surface area (Å²) in [5.41, 5.74) is 3.91. The van der Waals surface area contributed by atoms with Crippen LogP contribution in [0.5, 0.6) is 11.5 Å². The number of pyridine rings is 1. The van der Waals surface area contributed by atoms with Gasteiger partial charge < -0.3 is 14.8 Å². The van der Waals surface area contributed by atoms with Gasteiger partial charge in [0, 0.05) is 35.5 Å². The summed E-state index contributed by atoms with van der Waals surface area (Å²) in [4.78, 5) is 4.35. The Hall–Kier alpha value is -2.97. The molecule has 0 amide bonds. The van der Waals surface area contributed by atoms with Crippen LogP contribution in [0.15, 0.2) is 42.6 Å². The Morgan fingerprint density at radius 1 is 1.04 bits per heavy atom. The van der Waals surface area contributed by atoms with Gasteiger partial charge in [-0.05, 0) is 19.1 Å². The normalized spacial score (nSPS) is 9.84. The molecule has 3 rings (SSSR count). The van der Waals surface area contributed by atoms with Crippen LogP contribution in [-0.2, 0) is 0 Å². The van der Waals surface area contributed by atoms with Gasteiger partial charge in [0.1, 0.15) is 17.6 Å². The number of aryl methyl sites for hydroxylation is 1. The Kier molecular flexibility index (Phi) is 5.68. The number of rotatable bonds is 4. The second-order valence-electron chi connectivity index (χ2n) is 5.41. The molecule has 0 radical (unpaired) electrons. The molecule has 0 aliphatic heterocycles. The molecule has 1 heterocycles. The molecule has 0 saturated heterocycles. The number of ether oxygens (including phenoxy) is 2. The monoisotopic (exact) mass is 355 g/mol. The Morgan fingerprint density at radius 3 is 2.32 bits per heavy atom. The second-order valence-corrected chi connectivity index (χ2v) is 5.41. The fraction of sp³-hybridized carbons (Fsp3) is 0.158. The van der Waals surface area contributed by atoms with E-state index in [0.29, 0.717) is 17.1 Å². The maximum Gasteiger partial charge on any atom is 0.124 e. The predicted molar refractivity (Wildman–Crippen MR) is 101 cm³/mol. The average molecular weight is 356 g/mol. The fourth-order valence-electron chi connectivity index (χ4n) is 2.55. The van der Waals surface area contributed by atoms with Crippen LogP contribution < -0.4 is 14.8 Å². The van der Waals surface area contributed by atoms with E-state index in [1.165, 1.54) is 0 Å². The van der Waals surface area contributed by atoms with Crippen LogP contribution in [0.25, 0.3) is 10.9 Å². The third-order valence-corrected chi connectivity index (χ3v) is 3.76. The molecule has 1 aromatic heterocycles. The first-order chi connectivity index (χ1) is 11.6. The van der Waals surface area contributed by atoms with Crippen molar-refractivity contribution >= 4 is 34.7 Å². The van der Waals surface area contributed by atoms with Crippen molar-refractivity contribution in [1.29, 1.82) is 5.26 Å². The zero-order chi connectivity index (χ0) is 17.1. The van der Waals surface area contributed by atoms with Crippen molar-refractivity contribution in [2.75, 3.05) is 19.5 Å². The van der Waals surface area contributed by atoms with Gasteiger partial charge in [0.15, 0.2) is 0 Å². The minimum Gasteiger partial charge on any atom is -0.497 e. The van der Waals surface area contributed by atoms with E-state index in [1.807, 2.05) is 37.3 Å². The van der Waals surface area contributed by atoms with E-state index < -0.39 is 0 Å². The molecule has 0 saturated carbocycles. The number of hydrogen-bond donors (Lipinski definition) is 1. The van der Waals surface area contributed by atoms with E-state index in [9.17, 15) is 5.26 Å². The third-order valence-electron chi connectivity index (χ3n) is 3.76. The van der Waals surface area contributed by atoms with E-state index >= 15 is 0 Å². The summed E-state index contributed by atoms with van der Waals surface area (Å²) in [5.74, 6) is 1.34. The van der Waals surface area contributed by atoms with Gasteiger partial charge in [0.05, 0.1) is 31.0 Å². The maximum atomic E-state index is 9.45. The highest BCUT2D eigenvalue weighted by Gasteiger charge is 2.11. The molecule has 25 heavy (non-hydrogen) atoms. The van der Waals surface area contributed by atoms with Crippen molar-refractivity contribution in [3.05, 3.63) is 53.7 Å². The Bertz CT molecular complexity index is 929. The first-order valence-corrected chi connectivity index (χ1v) is 7.44. The summed E-state index contributed by atoms with van der Waals surface area (Å²) in [7, 11) is 3.20. The summed E-state index contributed by atoms with van der Waals surface area (Å²) in [6, 6.07) is 13.7. The molecular formula is C19H18ClN3O2. The molecule has 2 aromatic carbocycles. The number of nitrogens with one attached hydrogen (secondary N) is 1. The van der Waals surface area contributed by atoms with E-state index in [1.54, 1.807) is 26.5 Å². The zero-order valence-electron chi connectivity index (χ0n) is 14.2. The number of aromatic nitrogens is 1. The maximum absolute atomic E-state index is 9.45. The largest absolute Gasteiger partial charge is 0.497 e. The van der Waals surface area contributed by atoms with E-state index in [-0.39, 0.29) is 12.4 Å². The first kappa shape index (κ1) is 18.4. The summed E-state index contributed by atoms with van der Waals surface area (Å²) < 4.78 is 10.6. The molecular weight excluding hydrogens is 338 g/mol. The van der Waals surface area contributed by atoms with E-state index in [4.69, 9.17) is 9.47 Å². The van der Waals surface area contributed by atoms with E-state index in [0.717, 1.165) is 27.8 Å². The van der Waals surface area contributed by atoms with Crippen molar-refractivity contribution < 1.29 is 9.47 Å². The van der Waals surface area contributed by atoms with Gasteiger partial charge in [-0.1, -0.05) is 11.6 Å². The van der Waals surface area contributed by atoms with Gasteiger partial charge in [-0.25, -0.2) is 0 Å². The lowest BCUT2D eigenvalue weighted by molar-refractivity contribution is 0.395. The van der Waals surface area contributed by atoms with Crippen LogP contribution in [0.2, 0.25) is 0 Å². The predicted octanol–water partition coefficient (Wildman–Crippen LogP) is 4.60. The highest BCUT2D eigenvalue weighted by molar-refractivity contribution is 5.96. The molecule has 5 nitrogen and oxygen atoms in total. The van der Waals surface area contributed by atoms with Gasteiger partial charge >= 0.3 is 0 Å². The van der Waals surface area contributed by atoms with Gasteiger partial charge in [-0.2, -0.15) is 5.26 Å². The Morgan fingerprint density at radius 2 is 1.72 bits per heavy atom. The lowest BCUT2D eigenvalue weighted by atomic mass is 10.1. The highest BCUT2D eigenvalue weighted by Crippen LogP contribution is 2.32. The Balaban J connectivity index is 0.00000225. The number of hydrogen-bond acceptors (Lipinski definition) is 5. The lowest BCUT2D eigenvalue weighted by Crippen LogP contribution is -1.98. The molecule has 1 N–H and O–H groups in total. The SMILES string of the molecule is COc1cc(Nc2c(C#N)cnc3ccc(C)cc23)cc(OC)c1.Cl. The number of nitriles is 1. The van der Waals surface area contributed by atoms with Gasteiger partial charge in [-0.3, -0.25) is 4.98 Å². The average Bonchev–Trinajstić information content (AvgIpc) is 2.61. The molecule has 0 aliphatic rings. The second kappa shape index (κ2) is 7.73. The summed E-state index contributed by atoms with van der Waals surface area (Å²) in [6.45, 7) is 2.01. The molecule has 0 spiro atoms. The fourth-order valence-corrected chi connectivity index (χ4v) is 2.55. The number of fused-ring (bicyclic) bond motifs is 1. The minimum atomic E-state index is 0. The van der Waals surface area contributed by atoms with Crippen LogP contribution in [0.3, 0.4) is 0 Å². The number of halogens is 1. The van der Waals surface area contributed by atoms with Crippen molar-refractivity contribution in [3.8, 4) is 17.6 Å². The molecule has 0 unspecified atom stereocenters. The van der Waals surface area contributed by atoms with Crippen molar-refractivity contribution in [1.82, 2.24) is 4.98 Å². The van der Waals surface area contributed by atoms with Gasteiger partial charge in [0.2, 0.25) is 0 Å². The number of nitrogens with zero attached hydrogens (tertiary/aromatic N) is 2. The molecule has 0 atom stereocenters. The summed E-state index contributed by atoms with van der Waals surface area (Å²) >= 11 is 0. The molecule has 0 fully saturated rings. The standard InChI is InChI=1S/C19H17N3O2.ClH/c1-12-4-5-18-17(6-12)19(13(10-20)11-21-18)22-14-7-15(23-2)9-16(8-14)24-3;/h4-9,11H,1-3H3,(H,21,22);1H. The number of benzene rings is 2. The Labute approximate surface area is 152 Å². The minimum absolute atomic E-state index is 0. The summed E-state index contributed by atoms with van der Waals surface area (Å²) in [6.07, 6.45) is 1.58. The topological polar surface area (TPSA) is 67.2 Å². The highest BCUT2D eigenvalue weighted by atomic mass is 35.5. The van der Waals surface area contributed by atoms with Gasteiger partial charge in [-0.15, -0.1) is 12.4 Å². The van der Waals surface area contributed by atoms with Crippen LogP contribution in [-0.4, -0.2) is 19.2 Å². The quantitative estimate of drug-likeness (QED) is 0.740. The van der Waals surface area contributed by atoms with Crippen LogP contribution in [0.1, 0.15) is 11.1 Å². The molecule has 0 bridgehead atoms. The smallest absolute Gasteiger partial charge is 0.124 e. The number of methoxy groups -OCH3 is 2. The molecule has 6 heteroatoms.